The second-order valence-corrected chi connectivity index (χ2v) is 17.4. The van der Waals surface area contributed by atoms with Gasteiger partial charge in [0.25, 0.3) is 0 Å². The van der Waals surface area contributed by atoms with Gasteiger partial charge in [0, 0.05) is 19.3 Å². The summed E-state index contributed by atoms with van der Waals surface area (Å²) < 4.78 is 16.8. The lowest BCUT2D eigenvalue weighted by Crippen LogP contribution is -2.30. The molecule has 0 aromatic heterocycles. The van der Waals surface area contributed by atoms with E-state index in [1.165, 1.54) is 154 Å². The van der Waals surface area contributed by atoms with Gasteiger partial charge in [0.15, 0.2) is 6.10 Å². The first kappa shape index (κ1) is 57.6. The van der Waals surface area contributed by atoms with Crippen molar-refractivity contribution >= 4 is 17.9 Å². The van der Waals surface area contributed by atoms with Gasteiger partial charge in [0.05, 0.1) is 0 Å². The number of hydrogen-bond acceptors (Lipinski definition) is 6. The molecule has 0 heterocycles. The Bertz CT molecular complexity index is 1020. The van der Waals surface area contributed by atoms with Crippen LogP contribution in [0.2, 0.25) is 0 Å². The van der Waals surface area contributed by atoms with E-state index >= 15 is 0 Å². The molecule has 0 radical (unpaired) electrons. The van der Waals surface area contributed by atoms with E-state index in [-0.39, 0.29) is 31.1 Å². The van der Waals surface area contributed by atoms with Crippen LogP contribution in [0.4, 0.5) is 0 Å². The molecule has 0 aliphatic heterocycles. The molecule has 1 atom stereocenters. The topological polar surface area (TPSA) is 78.9 Å². The van der Waals surface area contributed by atoms with Crippen LogP contribution in [0, 0.1) is 0 Å². The van der Waals surface area contributed by atoms with E-state index in [0.29, 0.717) is 19.3 Å². The van der Waals surface area contributed by atoms with E-state index < -0.39 is 6.10 Å². The first-order chi connectivity index (χ1) is 29.5. The van der Waals surface area contributed by atoms with E-state index in [2.05, 4.69) is 57.2 Å². The van der Waals surface area contributed by atoms with Gasteiger partial charge in [0.1, 0.15) is 13.2 Å². The van der Waals surface area contributed by atoms with Gasteiger partial charge in [-0.05, 0) is 96.3 Å². The second kappa shape index (κ2) is 49.3. The minimum absolute atomic E-state index is 0.0816. The maximum atomic E-state index is 12.8. The summed E-state index contributed by atoms with van der Waals surface area (Å²) in [5, 5.41) is 0. The number of ether oxygens (including phenoxy) is 3. The van der Waals surface area contributed by atoms with Crippen molar-refractivity contribution in [3.63, 3.8) is 0 Å². The van der Waals surface area contributed by atoms with Crippen LogP contribution < -0.4 is 0 Å². The molecule has 350 valence electrons. The zero-order valence-corrected chi connectivity index (χ0v) is 40.0. The van der Waals surface area contributed by atoms with Crippen LogP contribution in [0.3, 0.4) is 0 Å². The third kappa shape index (κ3) is 46.7. The molecule has 0 aliphatic carbocycles. The summed E-state index contributed by atoms with van der Waals surface area (Å²) in [4.78, 5) is 37.9. The predicted octanol–water partition coefficient (Wildman–Crippen LogP) is 16.9. The number of esters is 3. The average molecular weight is 843 g/mol. The Morgan fingerprint density at radius 1 is 0.317 bits per heavy atom. The Balaban J connectivity index is 4.37. The summed E-state index contributed by atoms with van der Waals surface area (Å²) in [6, 6.07) is 0. The maximum absolute atomic E-state index is 12.8. The first-order valence-electron chi connectivity index (χ1n) is 26.0. The molecule has 0 spiro atoms. The van der Waals surface area contributed by atoms with Gasteiger partial charge < -0.3 is 14.2 Å². The van der Waals surface area contributed by atoms with Crippen LogP contribution in [0.15, 0.2) is 36.5 Å². The summed E-state index contributed by atoms with van der Waals surface area (Å²) in [5.74, 6) is -0.903. The van der Waals surface area contributed by atoms with Crippen LogP contribution in [0.1, 0.15) is 271 Å². The Hall–Kier alpha value is -2.37. The minimum atomic E-state index is -0.782. The van der Waals surface area contributed by atoms with Crippen molar-refractivity contribution in [2.45, 2.75) is 277 Å². The molecule has 60 heavy (non-hydrogen) atoms. The molecule has 0 aromatic rings. The fourth-order valence-corrected chi connectivity index (χ4v) is 7.37. The fraction of sp³-hybridized carbons (Fsp3) is 0.833. The number of carbonyl (C=O) groups is 3. The smallest absolute Gasteiger partial charge is 0.306 e. The normalized spacial score (nSPS) is 12.2. The molecule has 0 amide bonds. The van der Waals surface area contributed by atoms with Crippen LogP contribution in [-0.4, -0.2) is 37.2 Å². The quantitative estimate of drug-likeness (QED) is 0.0263. The number of allylic oxidation sites excluding steroid dienone is 6. The van der Waals surface area contributed by atoms with Crippen LogP contribution in [0.5, 0.6) is 0 Å². The monoisotopic (exact) mass is 843 g/mol. The van der Waals surface area contributed by atoms with E-state index in [1.54, 1.807) is 0 Å². The van der Waals surface area contributed by atoms with Crippen LogP contribution in [0.25, 0.3) is 0 Å². The van der Waals surface area contributed by atoms with Crippen molar-refractivity contribution < 1.29 is 28.6 Å². The molecule has 0 fully saturated rings. The van der Waals surface area contributed by atoms with Crippen molar-refractivity contribution in [2.75, 3.05) is 13.2 Å². The van der Waals surface area contributed by atoms with E-state index in [9.17, 15) is 14.4 Å². The number of carbonyl (C=O) groups excluding carboxylic acids is 3. The molecule has 0 N–H and O–H groups in total. The van der Waals surface area contributed by atoms with Gasteiger partial charge in [-0.25, -0.2) is 0 Å². The molecule has 6 nitrogen and oxygen atoms in total. The summed E-state index contributed by atoms with van der Waals surface area (Å²) in [5.41, 5.74) is 0. The van der Waals surface area contributed by atoms with Crippen molar-refractivity contribution in [1.29, 1.82) is 0 Å². The lowest BCUT2D eigenvalue weighted by atomic mass is 10.1. The minimum Gasteiger partial charge on any atom is -0.462 e. The highest BCUT2D eigenvalue weighted by molar-refractivity contribution is 5.71. The van der Waals surface area contributed by atoms with E-state index in [1.807, 2.05) is 0 Å². The molecule has 0 aromatic carbocycles. The summed E-state index contributed by atoms with van der Waals surface area (Å²) in [6.45, 7) is 6.59. The predicted molar refractivity (Wildman–Crippen MR) is 256 cm³/mol. The Kier molecular flexibility index (Phi) is 47.3. The number of hydrogen-bond donors (Lipinski definition) is 0. The molecule has 1 unspecified atom stereocenters. The third-order valence-corrected chi connectivity index (χ3v) is 11.3. The highest BCUT2D eigenvalue weighted by Gasteiger charge is 2.19. The number of unbranched alkanes of at least 4 members (excludes halogenated alkanes) is 30. The summed E-state index contributed by atoms with van der Waals surface area (Å²) in [7, 11) is 0. The van der Waals surface area contributed by atoms with E-state index in [4.69, 9.17) is 14.2 Å². The highest BCUT2D eigenvalue weighted by Crippen LogP contribution is 2.14. The average Bonchev–Trinajstić information content (AvgIpc) is 3.24. The van der Waals surface area contributed by atoms with Crippen LogP contribution in [-0.2, 0) is 28.6 Å². The standard InChI is InChI=1S/C54H98O6/c1-4-7-10-13-16-19-22-25-26-27-28-30-32-35-38-41-44-47-53(56)59-50-51(49-58-52(55)46-43-40-37-34-31-24-21-18-15-12-9-6-3)60-54(57)48-45-42-39-36-33-29-23-20-17-14-11-8-5-2/h18,21,25-26,29,33,51H,4-17,19-20,22-24,27-28,30-32,34-50H2,1-3H3/b21-18-,26-25-,33-29-. The van der Waals surface area contributed by atoms with Crippen molar-refractivity contribution in [1.82, 2.24) is 0 Å². The molecule has 6 heteroatoms. The van der Waals surface area contributed by atoms with Gasteiger partial charge in [-0.1, -0.05) is 192 Å². The van der Waals surface area contributed by atoms with Gasteiger partial charge >= 0.3 is 17.9 Å². The zero-order valence-electron chi connectivity index (χ0n) is 40.0. The van der Waals surface area contributed by atoms with Crippen molar-refractivity contribution in [3.8, 4) is 0 Å². The molecular formula is C54H98O6. The molecule has 0 saturated carbocycles. The SMILES string of the molecule is CCCCC/C=C\CCCCCCCC(=O)OCC(COC(=O)CCCCCCCCC/C=C\CCCCCCCC)OC(=O)CCCCC/C=C\CCCCCCCC. The van der Waals surface area contributed by atoms with Gasteiger partial charge in [-0.15, -0.1) is 0 Å². The molecule has 0 bridgehead atoms. The zero-order chi connectivity index (χ0) is 43.7. The highest BCUT2D eigenvalue weighted by atomic mass is 16.6. The molecule has 0 rings (SSSR count). The lowest BCUT2D eigenvalue weighted by Gasteiger charge is -2.18. The Labute approximate surface area is 372 Å². The summed E-state index contributed by atoms with van der Waals surface area (Å²) >= 11 is 0. The maximum Gasteiger partial charge on any atom is 0.306 e. The fourth-order valence-electron chi connectivity index (χ4n) is 7.37. The first-order valence-corrected chi connectivity index (χ1v) is 26.0. The summed E-state index contributed by atoms with van der Waals surface area (Å²) in [6.07, 6.45) is 57.0. The lowest BCUT2D eigenvalue weighted by molar-refractivity contribution is -0.167. The van der Waals surface area contributed by atoms with Crippen molar-refractivity contribution in [2.24, 2.45) is 0 Å². The van der Waals surface area contributed by atoms with Crippen LogP contribution >= 0.6 is 0 Å². The molecular weight excluding hydrogens is 745 g/mol. The van der Waals surface area contributed by atoms with E-state index in [0.717, 1.165) is 77.0 Å². The Morgan fingerprint density at radius 2 is 0.550 bits per heavy atom. The number of rotatable bonds is 47. The van der Waals surface area contributed by atoms with Gasteiger partial charge in [-0.2, -0.15) is 0 Å². The third-order valence-electron chi connectivity index (χ3n) is 11.3. The molecule has 0 aliphatic rings. The Morgan fingerprint density at radius 3 is 0.883 bits per heavy atom. The van der Waals surface area contributed by atoms with Gasteiger partial charge in [-0.3, -0.25) is 14.4 Å². The molecule has 0 saturated heterocycles. The second-order valence-electron chi connectivity index (χ2n) is 17.4. The van der Waals surface area contributed by atoms with Gasteiger partial charge in [0.2, 0.25) is 0 Å². The largest absolute Gasteiger partial charge is 0.462 e. The van der Waals surface area contributed by atoms with Crippen molar-refractivity contribution in [3.05, 3.63) is 36.5 Å².